The Hall–Kier alpha value is -0.950. The lowest BCUT2D eigenvalue weighted by molar-refractivity contribution is 0.0283. The summed E-state index contributed by atoms with van der Waals surface area (Å²) in [5.41, 5.74) is -0.181. The lowest BCUT2D eigenvalue weighted by Gasteiger charge is -2.31. The van der Waals surface area contributed by atoms with E-state index in [1.807, 2.05) is 30.3 Å². The Morgan fingerprint density at radius 1 is 1.26 bits per heavy atom. The summed E-state index contributed by atoms with van der Waals surface area (Å²) in [5.74, 6) is -0.0179. The Morgan fingerprint density at radius 3 is 2.52 bits per heavy atom. The molecule has 2 rings (SSSR count). The monoisotopic (exact) mass is 341 g/mol. The molecule has 1 saturated heterocycles. The normalized spacial score (nSPS) is 19.9. The molecule has 1 fully saturated rings. The van der Waals surface area contributed by atoms with Gasteiger partial charge < -0.3 is 9.84 Å². The Morgan fingerprint density at radius 2 is 1.96 bits per heavy atom. The number of sulfonamides is 1. The predicted octanol–water partition coefficient (Wildman–Crippen LogP) is 2.16. The summed E-state index contributed by atoms with van der Waals surface area (Å²) < 4.78 is 32.6. The molecule has 6 heteroatoms. The lowest BCUT2D eigenvalue weighted by atomic mass is 10.1. The van der Waals surface area contributed by atoms with E-state index in [1.165, 1.54) is 4.31 Å². The van der Waals surface area contributed by atoms with Gasteiger partial charge >= 0.3 is 0 Å². The van der Waals surface area contributed by atoms with E-state index in [4.69, 9.17) is 4.74 Å². The van der Waals surface area contributed by atoms with Crippen molar-refractivity contribution in [2.45, 2.75) is 51.4 Å². The van der Waals surface area contributed by atoms with Crippen molar-refractivity contribution in [1.82, 2.24) is 4.31 Å². The Kier molecular flexibility index (Phi) is 6.19. The third-order valence-electron chi connectivity index (χ3n) is 3.83. The summed E-state index contributed by atoms with van der Waals surface area (Å²) in [4.78, 5) is 0. The molecule has 1 aromatic carbocycles. The summed E-state index contributed by atoms with van der Waals surface area (Å²) in [6, 6.07) is 9.45. The van der Waals surface area contributed by atoms with Gasteiger partial charge in [-0.15, -0.1) is 0 Å². The highest BCUT2D eigenvalue weighted by molar-refractivity contribution is 7.89. The highest BCUT2D eigenvalue weighted by Crippen LogP contribution is 2.20. The molecule has 0 saturated carbocycles. The van der Waals surface area contributed by atoms with Crippen LogP contribution in [0, 0.1) is 0 Å². The molecule has 1 aliphatic heterocycles. The van der Waals surface area contributed by atoms with E-state index in [0.29, 0.717) is 6.61 Å². The van der Waals surface area contributed by atoms with E-state index in [1.54, 1.807) is 13.8 Å². The molecule has 130 valence electrons. The molecule has 5 nitrogen and oxygen atoms in total. The summed E-state index contributed by atoms with van der Waals surface area (Å²) in [7, 11) is -3.51. The molecular weight excluding hydrogens is 314 g/mol. The van der Waals surface area contributed by atoms with Gasteiger partial charge in [0.15, 0.2) is 0 Å². The Bertz CT molecular complexity index is 574. The topological polar surface area (TPSA) is 66.8 Å². The number of ether oxygens (including phenoxy) is 1. The number of hydrogen-bond donors (Lipinski definition) is 1. The molecule has 1 aromatic rings. The fourth-order valence-electron chi connectivity index (χ4n) is 2.75. The van der Waals surface area contributed by atoms with E-state index >= 15 is 0 Å². The van der Waals surface area contributed by atoms with Gasteiger partial charge in [0.25, 0.3) is 0 Å². The Balaban J connectivity index is 2.13. The van der Waals surface area contributed by atoms with E-state index in [0.717, 1.165) is 24.8 Å². The van der Waals surface area contributed by atoms with Gasteiger partial charge in [-0.05, 0) is 38.7 Å². The van der Waals surface area contributed by atoms with Gasteiger partial charge in [-0.2, -0.15) is 4.31 Å². The van der Waals surface area contributed by atoms with Crippen molar-refractivity contribution in [1.29, 1.82) is 0 Å². The molecular formula is C17H27NO4S. The van der Waals surface area contributed by atoms with Crippen molar-refractivity contribution < 1.29 is 18.3 Å². The average Bonchev–Trinajstić information content (AvgIpc) is 2.47. The highest BCUT2D eigenvalue weighted by Gasteiger charge is 2.31. The van der Waals surface area contributed by atoms with E-state index < -0.39 is 15.6 Å². The number of nitrogens with zero attached hydrogens (tertiary/aromatic N) is 1. The first-order valence-electron chi connectivity index (χ1n) is 8.12. The fraction of sp³-hybridized carbons (Fsp3) is 0.647. The summed E-state index contributed by atoms with van der Waals surface area (Å²) in [5, 5.41) is 10.1. The van der Waals surface area contributed by atoms with Gasteiger partial charge in [0.1, 0.15) is 0 Å². The molecule has 0 amide bonds. The van der Waals surface area contributed by atoms with Crippen LogP contribution in [-0.2, 0) is 21.3 Å². The molecule has 0 aromatic heterocycles. The van der Waals surface area contributed by atoms with Crippen molar-refractivity contribution in [3.05, 3.63) is 35.9 Å². The first-order valence-corrected chi connectivity index (χ1v) is 9.73. The third kappa shape index (κ3) is 6.22. The smallest absolute Gasteiger partial charge is 0.217 e. The minimum atomic E-state index is -3.51. The molecule has 23 heavy (non-hydrogen) atoms. The molecule has 0 radical (unpaired) electrons. The van der Waals surface area contributed by atoms with Crippen molar-refractivity contribution in [3.63, 3.8) is 0 Å². The van der Waals surface area contributed by atoms with E-state index in [2.05, 4.69) is 0 Å². The van der Waals surface area contributed by atoms with Gasteiger partial charge in [-0.1, -0.05) is 30.3 Å². The van der Waals surface area contributed by atoms with Gasteiger partial charge in [0.2, 0.25) is 10.0 Å². The molecule has 0 bridgehead atoms. The third-order valence-corrected chi connectivity index (χ3v) is 5.67. The summed E-state index contributed by atoms with van der Waals surface area (Å²) in [6.45, 7) is 4.20. The maximum absolute atomic E-state index is 12.8. The van der Waals surface area contributed by atoms with Crippen LogP contribution < -0.4 is 0 Å². The van der Waals surface area contributed by atoms with Gasteiger partial charge in [-0.25, -0.2) is 8.42 Å². The average molecular weight is 341 g/mol. The number of benzene rings is 1. The van der Waals surface area contributed by atoms with Crippen LogP contribution in [-0.4, -0.2) is 48.4 Å². The molecule has 1 N–H and O–H groups in total. The van der Waals surface area contributed by atoms with Crippen LogP contribution in [0.25, 0.3) is 0 Å². The summed E-state index contributed by atoms with van der Waals surface area (Å²) in [6.07, 6.45) is 2.54. The molecule has 1 heterocycles. The molecule has 0 spiro atoms. The zero-order chi connectivity index (χ0) is 16.9. The van der Waals surface area contributed by atoms with Crippen LogP contribution in [0.4, 0.5) is 0 Å². The van der Waals surface area contributed by atoms with Gasteiger partial charge in [-0.3, -0.25) is 0 Å². The lowest BCUT2D eigenvalue weighted by Crippen LogP contribution is -2.45. The maximum atomic E-state index is 12.8. The van der Waals surface area contributed by atoms with Crippen LogP contribution >= 0.6 is 0 Å². The molecule has 1 unspecified atom stereocenters. The molecule has 1 atom stereocenters. The minimum absolute atomic E-state index is 0.0179. The van der Waals surface area contributed by atoms with E-state index in [9.17, 15) is 13.5 Å². The zero-order valence-electron chi connectivity index (χ0n) is 13.9. The van der Waals surface area contributed by atoms with Crippen LogP contribution in [0.1, 0.15) is 38.7 Å². The van der Waals surface area contributed by atoms with Gasteiger partial charge in [0, 0.05) is 19.7 Å². The van der Waals surface area contributed by atoms with Crippen LogP contribution in [0.3, 0.4) is 0 Å². The van der Waals surface area contributed by atoms with Crippen molar-refractivity contribution >= 4 is 10.0 Å². The zero-order valence-corrected chi connectivity index (χ0v) is 14.8. The van der Waals surface area contributed by atoms with Crippen molar-refractivity contribution in [2.75, 3.05) is 18.9 Å². The standard InChI is InChI=1S/C17H27NO4S/c1-17(2,19)14-18(12-15-8-4-3-5-9-15)23(20,21)13-16-10-6-7-11-22-16/h3-5,8-9,16,19H,6-7,10-14H2,1-2H3. The van der Waals surface area contributed by atoms with Crippen LogP contribution in [0.5, 0.6) is 0 Å². The van der Waals surface area contributed by atoms with Crippen molar-refractivity contribution in [3.8, 4) is 0 Å². The maximum Gasteiger partial charge on any atom is 0.217 e. The largest absolute Gasteiger partial charge is 0.389 e. The second kappa shape index (κ2) is 7.75. The number of aliphatic hydroxyl groups is 1. The first-order chi connectivity index (χ1) is 10.8. The Labute approximate surface area is 139 Å². The van der Waals surface area contributed by atoms with Gasteiger partial charge in [0.05, 0.1) is 17.5 Å². The number of hydrogen-bond acceptors (Lipinski definition) is 4. The first kappa shape index (κ1) is 18.4. The van der Waals surface area contributed by atoms with E-state index in [-0.39, 0.29) is 24.9 Å². The number of rotatable bonds is 7. The molecule has 1 aliphatic rings. The molecule has 0 aliphatic carbocycles. The second-order valence-corrected chi connectivity index (χ2v) is 8.85. The summed E-state index contributed by atoms with van der Waals surface area (Å²) >= 11 is 0. The minimum Gasteiger partial charge on any atom is -0.389 e. The SMILES string of the molecule is CC(C)(O)CN(Cc1ccccc1)S(=O)(=O)CC1CCCCO1. The second-order valence-electron chi connectivity index (χ2n) is 6.83. The highest BCUT2D eigenvalue weighted by atomic mass is 32.2. The predicted molar refractivity (Wildman–Crippen MR) is 90.5 cm³/mol. The fourth-order valence-corrected chi connectivity index (χ4v) is 4.55. The van der Waals surface area contributed by atoms with Crippen molar-refractivity contribution in [2.24, 2.45) is 0 Å². The quantitative estimate of drug-likeness (QED) is 0.825. The van der Waals surface area contributed by atoms with Crippen LogP contribution in [0.2, 0.25) is 0 Å². The van der Waals surface area contributed by atoms with Crippen LogP contribution in [0.15, 0.2) is 30.3 Å².